The standard InChI is InChI=1S/C13H18N4O/c1-10-3-4-11(2)17(10)8-13(18)15-6-5-12-7-14-9-16-12/h3-4,7,9H,5-6,8H2,1-2H3,(H,14,16)(H,15,18). The first-order chi connectivity index (χ1) is 8.66. The number of imidazole rings is 1. The first-order valence-corrected chi connectivity index (χ1v) is 6.03. The molecule has 2 N–H and O–H groups in total. The van der Waals surface area contributed by atoms with Gasteiger partial charge < -0.3 is 14.9 Å². The summed E-state index contributed by atoms with van der Waals surface area (Å²) in [6.45, 7) is 5.02. The molecule has 0 saturated heterocycles. The van der Waals surface area contributed by atoms with E-state index in [1.165, 1.54) is 0 Å². The smallest absolute Gasteiger partial charge is 0.239 e. The SMILES string of the molecule is Cc1ccc(C)n1CC(=O)NCCc1cnc[nH]1. The lowest BCUT2D eigenvalue weighted by Gasteiger charge is -2.09. The van der Waals surface area contributed by atoms with Gasteiger partial charge in [-0.3, -0.25) is 4.79 Å². The molecule has 2 aromatic heterocycles. The van der Waals surface area contributed by atoms with E-state index in [0.717, 1.165) is 23.5 Å². The monoisotopic (exact) mass is 246 g/mol. The molecule has 0 spiro atoms. The highest BCUT2D eigenvalue weighted by Gasteiger charge is 2.06. The van der Waals surface area contributed by atoms with Crippen LogP contribution in [0.15, 0.2) is 24.7 Å². The predicted octanol–water partition coefficient (Wildman–Crippen LogP) is 1.19. The van der Waals surface area contributed by atoms with Gasteiger partial charge in [-0.25, -0.2) is 4.98 Å². The number of H-pyrrole nitrogens is 1. The van der Waals surface area contributed by atoms with Gasteiger partial charge in [0, 0.05) is 36.2 Å². The molecule has 0 radical (unpaired) electrons. The van der Waals surface area contributed by atoms with E-state index < -0.39 is 0 Å². The molecule has 18 heavy (non-hydrogen) atoms. The maximum Gasteiger partial charge on any atom is 0.239 e. The van der Waals surface area contributed by atoms with Crippen LogP contribution in [0.2, 0.25) is 0 Å². The molecule has 0 aromatic carbocycles. The Morgan fingerprint density at radius 2 is 2.11 bits per heavy atom. The number of carbonyl (C=O) groups is 1. The molecular weight excluding hydrogens is 228 g/mol. The number of hydrogen-bond donors (Lipinski definition) is 2. The lowest BCUT2D eigenvalue weighted by atomic mass is 10.3. The normalized spacial score (nSPS) is 10.6. The van der Waals surface area contributed by atoms with Gasteiger partial charge >= 0.3 is 0 Å². The molecule has 1 amide bonds. The van der Waals surface area contributed by atoms with Gasteiger partial charge in [0.2, 0.25) is 5.91 Å². The Bertz CT molecular complexity index is 494. The van der Waals surface area contributed by atoms with Gasteiger partial charge in [0.05, 0.1) is 6.33 Å². The van der Waals surface area contributed by atoms with Crippen LogP contribution < -0.4 is 5.32 Å². The Hall–Kier alpha value is -2.04. The Balaban J connectivity index is 1.79. The van der Waals surface area contributed by atoms with Gasteiger partial charge in [0.1, 0.15) is 6.54 Å². The van der Waals surface area contributed by atoms with E-state index >= 15 is 0 Å². The maximum atomic E-state index is 11.8. The fourth-order valence-electron chi connectivity index (χ4n) is 1.91. The van der Waals surface area contributed by atoms with Crippen molar-refractivity contribution < 1.29 is 4.79 Å². The zero-order valence-corrected chi connectivity index (χ0v) is 10.7. The summed E-state index contributed by atoms with van der Waals surface area (Å²) in [5, 5.41) is 2.91. The van der Waals surface area contributed by atoms with E-state index in [2.05, 4.69) is 15.3 Å². The van der Waals surface area contributed by atoms with E-state index in [0.29, 0.717) is 13.1 Å². The first-order valence-electron chi connectivity index (χ1n) is 6.03. The average molecular weight is 246 g/mol. The zero-order valence-electron chi connectivity index (χ0n) is 10.7. The van der Waals surface area contributed by atoms with E-state index in [-0.39, 0.29) is 5.91 Å². The van der Waals surface area contributed by atoms with Crippen LogP contribution in [0.3, 0.4) is 0 Å². The molecule has 0 aliphatic heterocycles. The van der Waals surface area contributed by atoms with Gasteiger partial charge in [-0.15, -0.1) is 0 Å². The lowest BCUT2D eigenvalue weighted by Crippen LogP contribution is -2.30. The topological polar surface area (TPSA) is 62.7 Å². The third-order valence-corrected chi connectivity index (χ3v) is 2.99. The number of nitrogens with zero attached hydrogens (tertiary/aromatic N) is 2. The zero-order chi connectivity index (χ0) is 13.0. The number of aromatic nitrogens is 3. The minimum atomic E-state index is 0.0388. The van der Waals surface area contributed by atoms with Crippen LogP contribution in [-0.2, 0) is 17.8 Å². The van der Waals surface area contributed by atoms with Crippen molar-refractivity contribution in [1.29, 1.82) is 0 Å². The summed E-state index contributed by atoms with van der Waals surface area (Å²) in [7, 11) is 0. The van der Waals surface area contributed by atoms with Crippen LogP contribution >= 0.6 is 0 Å². The molecule has 5 nitrogen and oxygen atoms in total. The predicted molar refractivity (Wildman–Crippen MR) is 69.2 cm³/mol. The number of nitrogens with one attached hydrogen (secondary N) is 2. The third-order valence-electron chi connectivity index (χ3n) is 2.99. The Labute approximate surface area is 106 Å². The Kier molecular flexibility index (Phi) is 3.82. The van der Waals surface area contributed by atoms with Crippen LogP contribution in [0.1, 0.15) is 17.1 Å². The van der Waals surface area contributed by atoms with Crippen molar-refractivity contribution in [3.8, 4) is 0 Å². The van der Waals surface area contributed by atoms with Crippen molar-refractivity contribution in [2.75, 3.05) is 6.54 Å². The molecule has 0 unspecified atom stereocenters. The molecule has 0 fully saturated rings. The summed E-state index contributed by atoms with van der Waals surface area (Å²) >= 11 is 0. The lowest BCUT2D eigenvalue weighted by molar-refractivity contribution is -0.121. The van der Waals surface area contributed by atoms with Gasteiger partial charge in [-0.05, 0) is 26.0 Å². The van der Waals surface area contributed by atoms with Gasteiger partial charge in [-0.2, -0.15) is 0 Å². The molecule has 2 heterocycles. The van der Waals surface area contributed by atoms with Crippen molar-refractivity contribution in [3.05, 3.63) is 41.7 Å². The van der Waals surface area contributed by atoms with E-state index in [1.807, 2.05) is 30.5 Å². The molecule has 0 saturated carbocycles. The number of rotatable bonds is 5. The minimum absolute atomic E-state index is 0.0388. The molecule has 96 valence electrons. The van der Waals surface area contributed by atoms with Crippen LogP contribution in [-0.4, -0.2) is 27.0 Å². The molecule has 0 aliphatic carbocycles. The van der Waals surface area contributed by atoms with Crippen molar-refractivity contribution >= 4 is 5.91 Å². The van der Waals surface area contributed by atoms with Crippen LogP contribution in [0.5, 0.6) is 0 Å². The van der Waals surface area contributed by atoms with Crippen molar-refractivity contribution in [2.24, 2.45) is 0 Å². The largest absolute Gasteiger partial charge is 0.354 e. The van der Waals surface area contributed by atoms with Crippen LogP contribution in [0.25, 0.3) is 0 Å². The fraction of sp³-hybridized carbons (Fsp3) is 0.385. The third kappa shape index (κ3) is 3.00. The van der Waals surface area contributed by atoms with Crippen LogP contribution in [0.4, 0.5) is 0 Å². The highest BCUT2D eigenvalue weighted by Crippen LogP contribution is 2.06. The number of aryl methyl sites for hydroxylation is 2. The van der Waals surface area contributed by atoms with E-state index in [4.69, 9.17) is 0 Å². The second-order valence-electron chi connectivity index (χ2n) is 4.38. The summed E-state index contributed by atoms with van der Waals surface area (Å²) < 4.78 is 2.01. The molecule has 0 atom stereocenters. The Morgan fingerprint density at radius 3 is 2.72 bits per heavy atom. The summed E-state index contributed by atoms with van der Waals surface area (Å²) in [4.78, 5) is 18.7. The molecular formula is C13H18N4O. The number of amides is 1. The molecule has 5 heteroatoms. The molecule has 0 aliphatic rings. The molecule has 2 rings (SSSR count). The first kappa shape index (κ1) is 12.4. The van der Waals surface area contributed by atoms with Crippen LogP contribution in [0, 0.1) is 13.8 Å². The highest BCUT2D eigenvalue weighted by atomic mass is 16.1. The van der Waals surface area contributed by atoms with Crippen molar-refractivity contribution in [3.63, 3.8) is 0 Å². The van der Waals surface area contributed by atoms with Gasteiger partial charge in [-0.1, -0.05) is 0 Å². The van der Waals surface area contributed by atoms with Gasteiger partial charge in [0.25, 0.3) is 0 Å². The molecule has 0 bridgehead atoms. The number of hydrogen-bond acceptors (Lipinski definition) is 2. The average Bonchev–Trinajstić information content (AvgIpc) is 2.94. The van der Waals surface area contributed by atoms with E-state index in [1.54, 1.807) is 12.5 Å². The number of carbonyl (C=O) groups excluding carboxylic acids is 1. The number of aromatic amines is 1. The van der Waals surface area contributed by atoms with Crippen molar-refractivity contribution in [1.82, 2.24) is 19.9 Å². The summed E-state index contributed by atoms with van der Waals surface area (Å²) in [5.41, 5.74) is 3.25. The Morgan fingerprint density at radius 1 is 1.39 bits per heavy atom. The fourth-order valence-corrected chi connectivity index (χ4v) is 1.91. The maximum absolute atomic E-state index is 11.8. The highest BCUT2D eigenvalue weighted by molar-refractivity contribution is 5.75. The summed E-state index contributed by atoms with van der Waals surface area (Å²) in [6.07, 6.45) is 4.19. The summed E-state index contributed by atoms with van der Waals surface area (Å²) in [5.74, 6) is 0.0388. The minimum Gasteiger partial charge on any atom is -0.354 e. The quantitative estimate of drug-likeness (QED) is 0.832. The summed E-state index contributed by atoms with van der Waals surface area (Å²) in [6, 6.07) is 4.04. The second kappa shape index (κ2) is 5.53. The van der Waals surface area contributed by atoms with Gasteiger partial charge in [0.15, 0.2) is 0 Å². The molecule has 2 aromatic rings. The second-order valence-corrected chi connectivity index (χ2v) is 4.38. The van der Waals surface area contributed by atoms with Crippen molar-refractivity contribution in [2.45, 2.75) is 26.8 Å². The van der Waals surface area contributed by atoms with E-state index in [9.17, 15) is 4.79 Å².